The lowest BCUT2D eigenvalue weighted by Gasteiger charge is -2.14. The summed E-state index contributed by atoms with van der Waals surface area (Å²) in [4.78, 5) is 0. The van der Waals surface area contributed by atoms with Crippen LogP contribution in [0.25, 0.3) is 10.8 Å². The third kappa shape index (κ3) is 2.15. The van der Waals surface area contributed by atoms with Crippen molar-refractivity contribution in [3.05, 3.63) is 60.2 Å². The van der Waals surface area contributed by atoms with Crippen LogP contribution in [-0.4, -0.2) is 0 Å². The van der Waals surface area contributed by atoms with Crippen molar-refractivity contribution in [2.75, 3.05) is 0 Å². The van der Waals surface area contributed by atoms with Crippen molar-refractivity contribution >= 4 is 10.8 Å². The molecule has 0 fully saturated rings. The average Bonchev–Trinajstić information content (AvgIpc) is 2.27. The fraction of sp³-hybridized carbons (Fsp3) is 0.200. The molecule has 2 N–H and O–H groups in total. The summed E-state index contributed by atoms with van der Waals surface area (Å²) in [5, 5.41) is 2.50. The number of fused-ring (bicyclic) bond motifs is 1. The van der Waals surface area contributed by atoms with Crippen molar-refractivity contribution in [3.8, 4) is 0 Å². The Labute approximate surface area is 96.6 Å². The molecule has 2 aromatic carbocycles. The average molecular weight is 211 g/mol. The predicted molar refractivity (Wildman–Crippen MR) is 70.3 cm³/mol. The van der Waals surface area contributed by atoms with Crippen LogP contribution in [0.1, 0.15) is 24.9 Å². The Balaban J connectivity index is 2.47. The fourth-order valence-corrected chi connectivity index (χ4v) is 2.06. The SMILES string of the molecule is C=C(C)C[C@H](N)c1cccc2ccccc12. The molecule has 16 heavy (non-hydrogen) atoms. The first-order valence-electron chi connectivity index (χ1n) is 5.56. The molecular formula is C15H17N. The van der Waals surface area contributed by atoms with Crippen LogP contribution >= 0.6 is 0 Å². The highest BCUT2D eigenvalue weighted by Crippen LogP contribution is 2.26. The van der Waals surface area contributed by atoms with Crippen molar-refractivity contribution in [1.29, 1.82) is 0 Å². The van der Waals surface area contributed by atoms with Crippen LogP contribution in [0.2, 0.25) is 0 Å². The van der Waals surface area contributed by atoms with Crippen LogP contribution < -0.4 is 5.73 Å². The van der Waals surface area contributed by atoms with Gasteiger partial charge in [-0.2, -0.15) is 0 Å². The van der Waals surface area contributed by atoms with E-state index in [1.807, 2.05) is 6.92 Å². The molecule has 1 atom stereocenters. The van der Waals surface area contributed by atoms with E-state index in [1.54, 1.807) is 0 Å². The normalized spacial score (nSPS) is 12.6. The Morgan fingerprint density at radius 2 is 1.88 bits per heavy atom. The topological polar surface area (TPSA) is 26.0 Å². The van der Waals surface area contributed by atoms with E-state index in [0.717, 1.165) is 12.0 Å². The van der Waals surface area contributed by atoms with Gasteiger partial charge in [-0.05, 0) is 29.7 Å². The minimum atomic E-state index is 0.0450. The Kier molecular flexibility index (Phi) is 3.07. The third-order valence-corrected chi connectivity index (χ3v) is 2.79. The maximum atomic E-state index is 6.20. The number of hydrogen-bond donors (Lipinski definition) is 1. The van der Waals surface area contributed by atoms with E-state index in [4.69, 9.17) is 5.73 Å². The maximum absolute atomic E-state index is 6.20. The molecule has 0 aromatic heterocycles. The van der Waals surface area contributed by atoms with Crippen LogP contribution in [0.3, 0.4) is 0 Å². The lowest BCUT2D eigenvalue weighted by Crippen LogP contribution is -2.10. The summed E-state index contributed by atoms with van der Waals surface area (Å²) in [6.45, 7) is 5.94. The van der Waals surface area contributed by atoms with Gasteiger partial charge in [0.2, 0.25) is 0 Å². The summed E-state index contributed by atoms with van der Waals surface area (Å²) in [5.41, 5.74) is 8.54. The van der Waals surface area contributed by atoms with E-state index in [-0.39, 0.29) is 6.04 Å². The number of hydrogen-bond acceptors (Lipinski definition) is 1. The van der Waals surface area contributed by atoms with Gasteiger partial charge >= 0.3 is 0 Å². The molecule has 0 aliphatic rings. The lowest BCUT2D eigenvalue weighted by atomic mass is 9.95. The highest BCUT2D eigenvalue weighted by atomic mass is 14.6. The molecule has 1 nitrogen and oxygen atoms in total. The van der Waals surface area contributed by atoms with Crippen LogP contribution in [0, 0.1) is 0 Å². The van der Waals surface area contributed by atoms with E-state index < -0.39 is 0 Å². The second-order valence-corrected chi connectivity index (χ2v) is 4.34. The van der Waals surface area contributed by atoms with Gasteiger partial charge in [0.1, 0.15) is 0 Å². The Morgan fingerprint density at radius 3 is 2.62 bits per heavy atom. The van der Waals surface area contributed by atoms with E-state index in [1.165, 1.54) is 16.3 Å². The molecule has 0 heterocycles. The van der Waals surface area contributed by atoms with Crippen LogP contribution in [-0.2, 0) is 0 Å². The minimum absolute atomic E-state index is 0.0450. The van der Waals surface area contributed by atoms with Gasteiger partial charge in [-0.3, -0.25) is 0 Å². The van der Waals surface area contributed by atoms with E-state index >= 15 is 0 Å². The molecule has 2 aromatic rings. The molecule has 0 spiro atoms. The summed E-state index contributed by atoms with van der Waals surface area (Å²) in [7, 11) is 0. The zero-order valence-corrected chi connectivity index (χ0v) is 9.61. The standard InChI is InChI=1S/C15H17N/c1-11(2)10-15(16)14-9-5-7-12-6-3-4-8-13(12)14/h3-9,15H,1,10,16H2,2H3/t15-/m0/s1. The van der Waals surface area contributed by atoms with Crippen molar-refractivity contribution in [3.63, 3.8) is 0 Å². The molecule has 0 saturated heterocycles. The van der Waals surface area contributed by atoms with Gasteiger partial charge in [-0.25, -0.2) is 0 Å². The lowest BCUT2D eigenvalue weighted by molar-refractivity contribution is 0.723. The summed E-state index contributed by atoms with van der Waals surface area (Å²) in [6, 6.07) is 14.7. The second kappa shape index (κ2) is 4.50. The molecule has 0 amide bonds. The van der Waals surface area contributed by atoms with E-state index in [2.05, 4.69) is 49.0 Å². The molecule has 0 unspecified atom stereocenters. The van der Waals surface area contributed by atoms with Crippen molar-refractivity contribution in [2.45, 2.75) is 19.4 Å². The zero-order valence-electron chi connectivity index (χ0n) is 9.61. The largest absolute Gasteiger partial charge is 0.324 e. The van der Waals surface area contributed by atoms with Crippen molar-refractivity contribution in [2.24, 2.45) is 5.73 Å². The third-order valence-electron chi connectivity index (χ3n) is 2.79. The first-order chi connectivity index (χ1) is 7.68. The van der Waals surface area contributed by atoms with Gasteiger partial charge in [-0.15, -0.1) is 6.58 Å². The summed E-state index contributed by atoms with van der Waals surface area (Å²) >= 11 is 0. The smallest absolute Gasteiger partial charge is 0.0338 e. The monoisotopic (exact) mass is 211 g/mol. The first-order valence-corrected chi connectivity index (χ1v) is 5.56. The molecule has 82 valence electrons. The van der Waals surface area contributed by atoms with Gasteiger partial charge < -0.3 is 5.73 Å². The quantitative estimate of drug-likeness (QED) is 0.768. The van der Waals surface area contributed by atoms with E-state index in [9.17, 15) is 0 Å². The number of nitrogens with two attached hydrogens (primary N) is 1. The minimum Gasteiger partial charge on any atom is -0.324 e. The van der Waals surface area contributed by atoms with E-state index in [0.29, 0.717) is 0 Å². The molecule has 0 radical (unpaired) electrons. The van der Waals surface area contributed by atoms with Gasteiger partial charge in [-0.1, -0.05) is 48.0 Å². The molecule has 0 aliphatic heterocycles. The molecule has 0 saturated carbocycles. The molecule has 2 rings (SSSR count). The van der Waals surface area contributed by atoms with Gasteiger partial charge in [0, 0.05) is 6.04 Å². The predicted octanol–water partition coefficient (Wildman–Crippen LogP) is 3.81. The highest BCUT2D eigenvalue weighted by Gasteiger charge is 2.09. The Hall–Kier alpha value is -1.60. The molecule has 0 bridgehead atoms. The zero-order chi connectivity index (χ0) is 11.5. The molecule has 0 aliphatic carbocycles. The number of rotatable bonds is 3. The van der Waals surface area contributed by atoms with Gasteiger partial charge in [0.05, 0.1) is 0 Å². The fourth-order valence-electron chi connectivity index (χ4n) is 2.06. The van der Waals surface area contributed by atoms with Crippen molar-refractivity contribution in [1.82, 2.24) is 0 Å². The van der Waals surface area contributed by atoms with Gasteiger partial charge in [0.15, 0.2) is 0 Å². The molecular weight excluding hydrogens is 194 g/mol. The summed E-state index contributed by atoms with van der Waals surface area (Å²) < 4.78 is 0. The first kappa shape index (κ1) is 10.9. The highest BCUT2D eigenvalue weighted by molar-refractivity contribution is 5.86. The van der Waals surface area contributed by atoms with Crippen LogP contribution in [0.15, 0.2) is 54.6 Å². The van der Waals surface area contributed by atoms with Crippen molar-refractivity contribution < 1.29 is 0 Å². The second-order valence-electron chi connectivity index (χ2n) is 4.34. The maximum Gasteiger partial charge on any atom is 0.0338 e. The van der Waals surface area contributed by atoms with Crippen LogP contribution in [0.4, 0.5) is 0 Å². The Morgan fingerprint density at radius 1 is 1.19 bits per heavy atom. The summed E-state index contributed by atoms with van der Waals surface area (Å²) in [5.74, 6) is 0. The summed E-state index contributed by atoms with van der Waals surface area (Å²) in [6.07, 6.45) is 0.841. The molecule has 1 heteroatoms. The van der Waals surface area contributed by atoms with Gasteiger partial charge in [0.25, 0.3) is 0 Å². The number of benzene rings is 2. The van der Waals surface area contributed by atoms with Crippen LogP contribution in [0.5, 0.6) is 0 Å². The Bertz CT molecular complexity index is 508.